The number of nitro groups is 1. The molecule has 0 amide bonds. The van der Waals surface area contributed by atoms with Crippen molar-refractivity contribution < 1.29 is 10.0 Å². The fourth-order valence-electron chi connectivity index (χ4n) is 1.55. The van der Waals surface area contributed by atoms with Crippen molar-refractivity contribution in [2.75, 3.05) is 0 Å². The van der Waals surface area contributed by atoms with Crippen LogP contribution in [0.3, 0.4) is 0 Å². The summed E-state index contributed by atoms with van der Waals surface area (Å²) in [6, 6.07) is 6.53. The molecule has 88 valence electrons. The van der Waals surface area contributed by atoms with Crippen molar-refractivity contribution in [1.29, 1.82) is 0 Å². The van der Waals surface area contributed by atoms with Gasteiger partial charge in [0.2, 0.25) is 0 Å². The van der Waals surface area contributed by atoms with Crippen molar-refractivity contribution in [2.45, 2.75) is 13.5 Å². The highest BCUT2D eigenvalue weighted by molar-refractivity contribution is 5.53. The molecule has 2 rings (SSSR count). The summed E-state index contributed by atoms with van der Waals surface area (Å²) in [6.45, 7) is 1.60. The maximum atomic E-state index is 10.9. The first-order valence-electron chi connectivity index (χ1n) is 5.02. The largest absolute Gasteiger partial charge is 0.390 e. The standard InChI is InChI=1S/C11H11N3O3/c1-8-2-3-10(11(6-8)14(16)17)13-5-4-9(7-15)12-13/h2-6,15H,7H2,1H3. The van der Waals surface area contributed by atoms with E-state index in [9.17, 15) is 10.1 Å². The first kappa shape index (κ1) is 11.3. The minimum absolute atomic E-state index is 0.00223. The van der Waals surface area contributed by atoms with Crippen molar-refractivity contribution >= 4 is 5.69 Å². The summed E-state index contributed by atoms with van der Waals surface area (Å²) in [5.74, 6) is 0. The molecular weight excluding hydrogens is 222 g/mol. The third kappa shape index (κ3) is 2.16. The highest BCUT2D eigenvalue weighted by Crippen LogP contribution is 2.23. The second kappa shape index (κ2) is 4.34. The van der Waals surface area contributed by atoms with E-state index in [1.807, 2.05) is 0 Å². The lowest BCUT2D eigenvalue weighted by atomic mass is 10.2. The number of aromatic nitrogens is 2. The van der Waals surface area contributed by atoms with Gasteiger partial charge >= 0.3 is 0 Å². The van der Waals surface area contributed by atoms with E-state index in [0.29, 0.717) is 11.4 Å². The van der Waals surface area contributed by atoms with Crippen LogP contribution in [0.4, 0.5) is 5.69 Å². The van der Waals surface area contributed by atoms with E-state index in [0.717, 1.165) is 5.56 Å². The van der Waals surface area contributed by atoms with Gasteiger partial charge in [-0.15, -0.1) is 0 Å². The second-order valence-corrected chi connectivity index (χ2v) is 3.66. The molecule has 0 spiro atoms. The Kier molecular flexibility index (Phi) is 2.88. The van der Waals surface area contributed by atoms with E-state index in [1.165, 1.54) is 10.7 Å². The molecule has 0 fully saturated rings. The predicted molar refractivity (Wildman–Crippen MR) is 60.9 cm³/mol. The second-order valence-electron chi connectivity index (χ2n) is 3.66. The Bertz CT molecular complexity index is 563. The molecule has 0 aliphatic rings. The molecule has 0 bridgehead atoms. The zero-order chi connectivity index (χ0) is 12.4. The van der Waals surface area contributed by atoms with E-state index >= 15 is 0 Å². The lowest BCUT2D eigenvalue weighted by Crippen LogP contribution is -2.01. The maximum absolute atomic E-state index is 10.9. The number of aliphatic hydroxyl groups excluding tert-OH is 1. The summed E-state index contributed by atoms with van der Waals surface area (Å²) >= 11 is 0. The molecule has 6 nitrogen and oxygen atoms in total. The van der Waals surface area contributed by atoms with E-state index in [-0.39, 0.29) is 12.3 Å². The minimum atomic E-state index is -0.442. The summed E-state index contributed by atoms with van der Waals surface area (Å²) in [4.78, 5) is 10.5. The Labute approximate surface area is 97.3 Å². The fraction of sp³-hybridized carbons (Fsp3) is 0.182. The third-order valence-corrected chi connectivity index (χ3v) is 2.38. The van der Waals surface area contributed by atoms with Crippen molar-refractivity contribution in [3.63, 3.8) is 0 Å². The van der Waals surface area contributed by atoms with Gasteiger partial charge in [0.25, 0.3) is 5.69 Å². The molecule has 0 radical (unpaired) electrons. The molecule has 0 aliphatic carbocycles. The van der Waals surface area contributed by atoms with Gasteiger partial charge in [-0.1, -0.05) is 6.07 Å². The number of aliphatic hydroxyl groups is 1. The number of rotatable bonds is 3. The summed E-state index contributed by atoms with van der Waals surface area (Å²) in [5.41, 5.74) is 1.67. The molecule has 1 heterocycles. The molecular formula is C11H11N3O3. The number of benzene rings is 1. The molecule has 6 heteroatoms. The maximum Gasteiger partial charge on any atom is 0.295 e. The van der Waals surface area contributed by atoms with Crippen LogP contribution in [0.5, 0.6) is 0 Å². The van der Waals surface area contributed by atoms with Crippen molar-refractivity contribution in [3.8, 4) is 5.69 Å². The van der Waals surface area contributed by atoms with E-state index < -0.39 is 4.92 Å². The summed E-state index contributed by atoms with van der Waals surface area (Å²) in [7, 11) is 0. The predicted octanol–water partition coefficient (Wildman–Crippen LogP) is 1.58. The monoisotopic (exact) mass is 233 g/mol. The molecule has 1 aromatic carbocycles. The number of nitrogens with zero attached hydrogens (tertiary/aromatic N) is 3. The van der Waals surface area contributed by atoms with Gasteiger partial charge in [0, 0.05) is 12.3 Å². The number of aryl methyl sites for hydroxylation is 1. The molecule has 0 aliphatic heterocycles. The highest BCUT2D eigenvalue weighted by Gasteiger charge is 2.16. The molecule has 0 unspecified atom stereocenters. The molecule has 1 aromatic heterocycles. The molecule has 0 atom stereocenters. The van der Waals surface area contributed by atoms with Gasteiger partial charge in [-0.3, -0.25) is 10.1 Å². The third-order valence-electron chi connectivity index (χ3n) is 2.38. The molecule has 1 N–H and O–H groups in total. The van der Waals surface area contributed by atoms with E-state index in [2.05, 4.69) is 5.10 Å². The van der Waals surface area contributed by atoms with Crippen LogP contribution < -0.4 is 0 Å². The smallest absolute Gasteiger partial charge is 0.295 e. The number of nitro benzene ring substituents is 1. The zero-order valence-electron chi connectivity index (χ0n) is 9.20. The Hall–Kier alpha value is -2.21. The van der Waals surface area contributed by atoms with Crippen LogP contribution in [0.2, 0.25) is 0 Å². The Morgan fingerprint density at radius 3 is 2.82 bits per heavy atom. The van der Waals surface area contributed by atoms with Crippen LogP contribution in [-0.2, 0) is 6.61 Å². The lowest BCUT2D eigenvalue weighted by Gasteiger charge is -2.03. The van der Waals surface area contributed by atoms with Gasteiger partial charge in [-0.2, -0.15) is 5.10 Å². The lowest BCUT2D eigenvalue weighted by molar-refractivity contribution is -0.384. The van der Waals surface area contributed by atoms with Crippen LogP contribution in [-0.4, -0.2) is 19.8 Å². The van der Waals surface area contributed by atoms with Crippen LogP contribution in [0.15, 0.2) is 30.5 Å². The summed E-state index contributed by atoms with van der Waals surface area (Å²) in [5, 5.41) is 23.9. The van der Waals surface area contributed by atoms with Gasteiger partial charge in [0.05, 0.1) is 17.2 Å². The fourth-order valence-corrected chi connectivity index (χ4v) is 1.55. The average Bonchev–Trinajstić information content (AvgIpc) is 2.77. The minimum Gasteiger partial charge on any atom is -0.390 e. The molecule has 0 saturated carbocycles. The average molecular weight is 233 g/mol. The van der Waals surface area contributed by atoms with Crippen molar-refractivity contribution in [3.05, 3.63) is 51.8 Å². The SMILES string of the molecule is Cc1ccc(-n2ccc(CO)n2)c([N+](=O)[O-])c1. The molecule has 17 heavy (non-hydrogen) atoms. The summed E-state index contributed by atoms with van der Waals surface area (Å²) in [6.07, 6.45) is 1.59. The van der Waals surface area contributed by atoms with Gasteiger partial charge in [-0.25, -0.2) is 4.68 Å². The summed E-state index contributed by atoms with van der Waals surface area (Å²) < 4.78 is 1.39. The van der Waals surface area contributed by atoms with Crippen LogP contribution >= 0.6 is 0 Å². The van der Waals surface area contributed by atoms with Gasteiger partial charge < -0.3 is 5.11 Å². The van der Waals surface area contributed by atoms with Crippen LogP contribution in [0.25, 0.3) is 5.69 Å². The van der Waals surface area contributed by atoms with E-state index in [1.54, 1.807) is 31.3 Å². The van der Waals surface area contributed by atoms with Gasteiger partial charge in [-0.05, 0) is 24.6 Å². The van der Waals surface area contributed by atoms with Gasteiger partial charge in [0.15, 0.2) is 0 Å². The normalized spacial score (nSPS) is 10.5. The molecule has 2 aromatic rings. The Morgan fingerprint density at radius 1 is 1.47 bits per heavy atom. The first-order valence-corrected chi connectivity index (χ1v) is 5.02. The van der Waals surface area contributed by atoms with E-state index in [4.69, 9.17) is 5.11 Å². The zero-order valence-corrected chi connectivity index (χ0v) is 9.20. The quantitative estimate of drug-likeness (QED) is 0.644. The topological polar surface area (TPSA) is 81.2 Å². The van der Waals surface area contributed by atoms with Gasteiger partial charge in [0.1, 0.15) is 5.69 Å². The highest BCUT2D eigenvalue weighted by atomic mass is 16.6. The Balaban J connectivity index is 2.54. The first-order chi connectivity index (χ1) is 8.11. The molecule has 0 saturated heterocycles. The number of hydrogen-bond donors (Lipinski definition) is 1. The Morgan fingerprint density at radius 2 is 2.24 bits per heavy atom. The van der Waals surface area contributed by atoms with Crippen molar-refractivity contribution in [1.82, 2.24) is 9.78 Å². The number of hydrogen-bond acceptors (Lipinski definition) is 4. The van der Waals surface area contributed by atoms with Crippen molar-refractivity contribution in [2.24, 2.45) is 0 Å². The van der Waals surface area contributed by atoms with Crippen LogP contribution in [0, 0.1) is 17.0 Å². The van der Waals surface area contributed by atoms with Crippen LogP contribution in [0.1, 0.15) is 11.3 Å².